The van der Waals surface area contributed by atoms with E-state index in [1.807, 2.05) is 0 Å². The predicted molar refractivity (Wildman–Crippen MR) is 119 cm³/mol. The molecular formula is C22H46O6Si. The molecule has 29 heavy (non-hydrogen) atoms. The predicted octanol–water partition coefficient (Wildman–Crippen LogP) is 3.43. The highest BCUT2D eigenvalue weighted by Gasteiger charge is 2.44. The Morgan fingerprint density at radius 3 is 1.86 bits per heavy atom. The number of rotatable bonds is 16. The summed E-state index contributed by atoms with van der Waals surface area (Å²) in [5.41, 5.74) is 0. The zero-order valence-electron chi connectivity index (χ0n) is 18.9. The van der Waals surface area contributed by atoms with Crippen molar-refractivity contribution >= 4 is 8.07 Å². The lowest BCUT2D eigenvalue weighted by atomic mass is 9.99. The second-order valence-corrected chi connectivity index (χ2v) is 14.7. The molecule has 5 atom stereocenters. The topological polar surface area (TPSA) is 99.4 Å². The van der Waals surface area contributed by atoms with Crippen LogP contribution in [0.4, 0.5) is 0 Å². The summed E-state index contributed by atoms with van der Waals surface area (Å²) in [5.74, 6) is 0. The van der Waals surface area contributed by atoms with E-state index in [2.05, 4.69) is 20.0 Å². The van der Waals surface area contributed by atoms with Crippen LogP contribution in [0, 0.1) is 0 Å². The first-order valence-electron chi connectivity index (χ1n) is 11.7. The van der Waals surface area contributed by atoms with Gasteiger partial charge in [-0.2, -0.15) is 0 Å². The molecule has 0 aromatic carbocycles. The van der Waals surface area contributed by atoms with Crippen LogP contribution >= 0.6 is 0 Å². The van der Waals surface area contributed by atoms with Crippen molar-refractivity contribution in [3.8, 4) is 0 Å². The molecule has 7 heteroatoms. The van der Waals surface area contributed by atoms with Crippen molar-refractivity contribution < 1.29 is 29.9 Å². The Kier molecular flexibility index (Phi) is 13.9. The molecule has 0 aromatic heterocycles. The summed E-state index contributed by atoms with van der Waals surface area (Å²) >= 11 is 0. The summed E-state index contributed by atoms with van der Waals surface area (Å²) in [5, 5.41) is 38.9. The molecule has 6 nitrogen and oxygen atoms in total. The standard InChI is InChI=1S/C22H46O6Si/c1-4-5-6-7-8-9-10-11-12-13-15-29(2,3)16-14-27-22-21(26)20(25)19(24)18(17-23)28-22/h18-26H,4-17H2,1-3H3/t18-,19-,20+,21-,22-/m1/s1. The first-order valence-corrected chi connectivity index (χ1v) is 15.2. The average Bonchev–Trinajstić information content (AvgIpc) is 2.69. The molecule has 0 spiro atoms. The van der Waals surface area contributed by atoms with E-state index in [1.54, 1.807) is 0 Å². The second kappa shape index (κ2) is 14.9. The van der Waals surface area contributed by atoms with Crippen LogP contribution in [0.3, 0.4) is 0 Å². The Bertz CT molecular complexity index is 407. The largest absolute Gasteiger partial charge is 0.394 e. The number of ether oxygens (including phenoxy) is 2. The molecule has 0 saturated carbocycles. The van der Waals surface area contributed by atoms with E-state index in [9.17, 15) is 20.4 Å². The van der Waals surface area contributed by atoms with Gasteiger partial charge < -0.3 is 29.9 Å². The zero-order chi connectivity index (χ0) is 21.7. The minimum absolute atomic E-state index is 0.427. The van der Waals surface area contributed by atoms with Gasteiger partial charge in [0.2, 0.25) is 0 Å². The summed E-state index contributed by atoms with van der Waals surface area (Å²) < 4.78 is 11.1. The van der Waals surface area contributed by atoms with Gasteiger partial charge in [-0.1, -0.05) is 90.3 Å². The van der Waals surface area contributed by atoms with Gasteiger partial charge in [0.05, 0.1) is 6.61 Å². The first-order chi connectivity index (χ1) is 13.8. The minimum atomic E-state index is -1.38. The van der Waals surface area contributed by atoms with Crippen LogP contribution in [0.5, 0.6) is 0 Å². The van der Waals surface area contributed by atoms with Crippen molar-refractivity contribution in [2.45, 2.75) is 127 Å². The quantitative estimate of drug-likeness (QED) is 0.219. The summed E-state index contributed by atoms with van der Waals surface area (Å²) in [7, 11) is -1.38. The first kappa shape index (κ1) is 27.0. The van der Waals surface area contributed by atoms with E-state index in [0.29, 0.717) is 6.61 Å². The van der Waals surface area contributed by atoms with Crippen molar-refractivity contribution in [2.75, 3.05) is 13.2 Å². The van der Waals surface area contributed by atoms with Gasteiger partial charge in [-0.25, -0.2) is 0 Å². The van der Waals surface area contributed by atoms with Crippen molar-refractivity contribution in [1.29, 1.82) is 0 Å². The van der Waals surface area contributed by atoms with Crippen LogP contribution in [-0.4, -0.2) is 72.4 Å². The third-order valence-electron chi connectivity index (χ3n) is 6.12. The van der Waals surface area contributed by atoms with E-state index in [4.69, 9.17) is 9.47 Å². The molecule has 0 aliphatic carbocycles. The maximum atomic E-state index is 10.0. The van der Waals surface area contributed by atoms with Gasteiger partial charge in [0.15, 0.2) is 6.29 Å². The average molecular weight is 435 g/mol. The molecule has 0 unspecified atom stereocenters. The lowest BCUT2D eigenvalue weighted by Gasteiger charge is -2.39. The smallest absolute Gasteiger partial charge is 0.186 e. The molecule has 1 aliphatic rings. The van der Waals surface area contributed by atoms with Crippen LogP contribution < -0.4 is 0 Å². The molecule has 0 amide bonds. The molecule has 1 saturated heterocycles. The van der Waals surface area contributed by atoms with Crippen molar-refractivity contribution in [3.63, 3.8) is 0 Å². The molecular weight excluding hydrogens is 388 g/mol. The Morgan fingerprint density at radius 1 is 0.759 bits per heavy atom. The van der Waals surface area contributed by atoms with Gasteiger partial charge >= 0.3 is 0 Å². The maximum Gasteiger partial charge on any atom is 0.186 e. The van der Waals surface area contributed by atoms with E-state index >= 15 is 0 Å². The Hall–Kier alpha value is -0.0231. The Balaban J connectivity index is 2.12. The monoisotopic (exact) mass is 434 g/mol. The zero-order valence-corrected chi connectivity index (χ0v) is 19.9. The highest BCUT2D eigenvalue weighted by Crippen LogP contribution is 2.24. The van der Waals surface area contributed by atoms with Crippen LogP contribution in [0.2, 0.25) is 25.2 Å². The van der Waals surface area contributed by atoms with E-state index in [-0.39, 0.29) is 0 Å². The molecule has 0 radical (unpaired) electrons. The third-order valence-corrected chi connectivity index (χ3v) is 9.38. The molecule has 174 valence electrons. The number of hydrogen-bond donors (Lipinski definition) is 4. The fraction of sp³-hybridized carbons (Fsp3) is 1.00. The van der Waals surface area contributed by atoms with Crippen molar-refractivity contribution in [1.82, 2.24) is 0 Å². The Morgan fingerprint density at radius 2 is 1.31 bits per heavy atom. The van der Waals surface area contributed by atoms with Gasteiger partial charge in [0.25, 0.3) is 0 Å². The normalized spacial score (nSPS) is 28.0. The molecule has 4 N–H and O–H groups in total. The van der Waals surface area contributed by atoms with Crippen LogP contribution in [0.25, 0.3) is 0 Å². The van der Waals surface area contributed by atoms with Gasteiger partial charge in [0, 0.05) is 14.7 Å². The number of unbranched alkanes of at least 4 members (excludes halogenated alkanes) is 9. The lowest BCUT2D eigenvalue weighted by Crippen LogP contribution is -2.59. The third kappa shape index (κ3) is 10.7. The van der Waals surface area contributed by atoms with Gasteiger partial charge in [-0.3, -0.25) is 0 Å². The highest BCUT2D eigenvalue weighted by atomic mass is 28.3. The van der Waals surface area contributed by atoms with E-state index < -0.39 is 45.4 Å². The summed E-state index contributed by atoms with van der Waals surface area (Å²) in [6.45, 7) is 7.00. The number of hydrogen-bond acceptors (Lipinski definition) is 6. The molecule has 1 fully saturated rings. The van der Waals surface area contributed by atoms with E-state index in [1.165, 1.54) is 70.3 Å². The number of aliphatic hydroxyl groups excluding tert-OH is 4. The summed E-state index contributed by atoms with van der Waals surface area (Å²) in [6, 6.07) is 2.22. The van der Waals surface area contributed by atoms with Crippen LogP contribution in [0.1, 0.15) is 71.1 Å². The van der Waals surface area contributed by atoms with Crippen LogP contribution in [0.15, 0.2) is 0 Å². The van der Waals surface area contributed by atoms with Crippen LogP contribution in [-0.2, 0) is 9.47 Å². The minimum Gasteiger partial charge on any atom is -0.394 e. The lowest BCUT2D eigenvalue weighted by molar-refractivity contribution is -0.300. The summed E-state index contributed by atoms with van der Waals surface area (Å²) in [6.07, 6.45) is 7.56. The van der Waals surface area contributed by atoms with Crippen molar-refractivity contribution in [2.24, 2.45) is 0 Å². The van der Waals surface area contributed by atoms with Gasteiger partial charge in [-0.05, 0) is 6.04 Å². The molecule has 0 bridgehead atoms. The second-order valence-electron chi connectivity index (χ2n) is 9.41. The fourth-order valence-electron chi connectivity index (χ4n) is 3.87. The summed E-state index contributed by atoms with van der Waals surface area (Å²) in [4.78, 5) is 0. The molecule has 1 heterocycles. The van der Waals surface area contributed by atoms with Gasteiger partial charge in [0.1, 0.15) is 24.4 Å². The molecule has 1 rings (SSSR count). The van der Waals surface area contributed by atoms with E-state index in [0.717, 1.165) is 6.04 Å². The van der Waals surface area contributed by atoms with Gasteiger partial charge in [-0.15, -0.1) is 0 Å². The SMILES string of the molecule is CCCCCCCCCCCC[Si](C)(C)CCO[C@@H]1O[C@H](CO)[C@@H](O)[C@H](O)[C@H]1O. The maximum absolute atomic E-state index is 10.0. The Labute approximate surface area is 178 Å². The molecule has 1 aliphatic heterocycles. The highest BCUT2D eigenvalue weighted by molar-refractivity contribution is 6.77. The van der Waals surface area contributed by atoms with Crippen molar-refractivity contribution in [3.05, 3.63) is 0 Å². The number of aliphatic hydroxyl groups is 4. The molecule has 0 aromatic rings. The fourth-order valence-corrected chi connectivity index (χ4v) is 6.00.